The van der Waals surface area contributed by atoms with E-state index in [2.05, 4.69) is 20.0 Å². The molecule has 1 heterocycles. The monoisotopic (exact) mass is 496 g/mol. The Morgan fingerprint density at radius 2 is 1.56 bits per heavy atom. The van der Waals surface area contributed by atoms with E-state index in [0.29, 0.717) is 16.9 Å². The number of benzene rings is 2. The number of hydrogen-bond acceptors (Lipinski definition) is 5. The topological polar surface area (TPSA) is 141 Å². The van der Waals surface area contributed by atoms with Gasteiger partial charge in [-0.15, -0.1) is 0 Å². The van der Waals surface area contributed by atoms with Crippen LogP contribution >= 0.6 is 23.2 Å². The van der Waals surface area contributed by atoms with E-state index >= 15 is 0 Å². The molecule has 0 atom stereocenters. The quantitative estimate of drug-likeness (QED) is 0.397. The number of rotatable bonds is 7. The normalized spacial score (nSPS) is 11.2. The predicted molar refractivity (Wildman–Crippen MR) is 123 cm³/mol. The highest BCUT2D eigenvalue weighted by molar-refractivity contribution is 7.93. The van der Waals surface area contributed by atoms with Crippen LogP contribution in [0, 0.1) is 6.92 Å². The van der Waals surface area contributed by atoms with Gasteiger partial charge < -0.3 is 10.3 Å². The fourth-order valence-electron chi connectivity index (χ4n) is 2.96. The van der Waals surface area contributed by atoms with E-state index in [1.54, 1.807) is 6.92 Å². The molecule has 0 unspecified atom stereocenters. The van der Waals surface area contributed by atoms with Gasteiger partial charge in [0.2, 0.25) is 5.91 Å². The van der Waals surface area contributed by atoms with Crippen LogP contribution in [0.3, 0.4) is 0 Å². The van der Waals surface area contributed by atoms with Gasteiger partial charge in [-0.3, -0.25) is 19.3 Å². The van der Waals surface area contributed by atoms with Gasteiger partial charge in [0.25, 0.3) is 15.6 Å². The molecule has 0 radical (unpaired) electrons. The largest absolute Gasteiger partial charge is 0.326 e. The number of nitrogens with one attached hydrogen (secondary N) is 4. The molecule has 3 rings (SSSR count). The Kier molecular flexibility index (Phi) is 7.07. The second-order valence-electron chi connectivity index (χ2n) is 6.79. The first-order valence-corrected chi connectivity index (χ1v) is 11.5. The summed E-state index contributed by atoms with van der Waals surface area (Å²) in [7, 11) is -4.02. The second kappa shape index (κ2) is 9.60. The Morgan fingerprint density at radius 1 is 0.969 bits per heavy atom. The van der Waals surface area contributed by atoms with Crippen LogP contribution in [0.2, 0.25) is 10.0 Å². The number of halogens is 2. The maximum absolute atomic E-state index is 12.6. The van der Waals surface area contributed by atoms with Crippen molar-refractivity contribution in [2.45, 2.75) is 24.7 Å². The zero-order chi connectivity index (χ0) is 23.5. The van der Waals surface area contributed by atoms with E-state index in [-0.39, 0.29) is 39.4 Å². The average molecular weight is 497 g/mol. The summed E-state index contributed by atoms with van der Waals surface area (Å²) in [5, 5.41) is 2.64. The van der Waals surface area contributed by atoms with Crippen LogP contribution in [0.15, 0.2) is 56.9 Å². The summed E-state index contributed by atoms with van der Waals surface area (Å²) in [5.74, 6) is -0.355. The van der Waals surface area contributed by atoms with Crippen LogP contribution in [0.4, 0.5) is 11.4 Å². The van der Waals surface area contributed by atoms with Crippen molar-refractivity contribution < 1.29 is 13.2 Å². The minimum absolute atomic E-state index is 0.00884. The number of amides is 1. The Hall–Kier alpha value is -3.08. The first kappa shape index (κ1) is 23.6. The van der Waals surface area contributed by atoms with Crippen LogP contribution in [0.25, 0.3) is 0 Å². The number of aromatic nitrogens is 2. The van der Waals surface area contributed by atoms with Crippen LogP contribution in [-0.4, -0.2) is 24.3 Å². The Bertz CT molecular complexity index is 1360. The van der Waals surface area contributed by atoms with Gasteiger partial charge in [-0.2, -0.15) is 0 Å². The maximum atomic E-state index is 12.6. The molecule has 4 N–H and O–H groups in total. The van der Waals surface area contributed by atoms with Crippen molar-refractivity contribution in [2.75, 3.05) is 10.0 Å². The van der Waals surface area contributed by atoms with Crippen LogP contribution in [-0.2, 0) is 21.2 Å². The van der Waals surface area contributed by atoms with Crippen molar-refractivity contribution in [3.8, 4) is 0 Å². The summed E-state index contributed by atoms with van der Waals surface area (Å²) < 4.78 is 27.6. The number of anilines is 2. The van der Waals surface area contributed by atoms with E-state index in [0.717, 1.165) is 0 Å². The lowest BCUT2D eigenvalue weighted by atomic mass is 10.1. The molecule has 1 amide bonds. The second-order valence-corrected chi connectivity index (χ2v) is 9.23. The van der Waals surface area contributed by atoms with Crippen LogP contribution < -0.4 is 21.3 Å². The first-order valence-electron chi connectivity index (χ1n) is 9.25. The molecule has 0 aliphatic carbocycles. The van der Waals surface area contributed by atoms with Gasteiger partial charge in [0.1, 0.15) is 4.90 Å². The standard InChI is InChI=1S/C20H18Cl2N4O5S/c1-11-14(19(28)25-20(29)23-11)9-10-17(27)24-12-5-7-13(8-6-12)26-32(30,31)18-15(21)3-2-4-16(18)22/h2-8,26H,9-10H2,1H3,(H,24,27)(H2,23,25,28,29). The van der Waals surface area contributed by atoms with Gasteiger partial charge in [-0.05, 0) is 49.7 Å². The zero-order valence-electron chi connectivity index (χ0n) is 16.7. The van der Waals surface area contributed by atoms with Crippen LogP contribution in [0.1, 0.15) is 17.7 Å². The highest BCUT2D eigenvalue weighted by Gasteiger charge is 2.21. The number of carbonyl (C=O) groups excluding carboxylic acids is 1. The molecule has 0 saturated carbocycles. The number of H-pyrrole nitrogens is 2. The van der Waals surface area contributed by atoms with Crippen molar-refractivity contribution >= 4 is 50.5 Å². The van der Waals surface area contributed by atoms with E-state index < -0.39 is 21.3 Å². The molecule has 9 nitrogen and oxygen atoms in total. The molecule has 0 aliphatic heterocycles. The van der Waals surface area contributed by atoms with Crippen molar-refractivity contribution in [3.63, 3.8) is 0 Å². The Balaban J connectivity index is 1.64. The molecule has 0 fully saturated rings. The van der Waals surface area contributed by atoms with Crippen molar-refractivity contribution in [3.05, 3.63) is 84.6 Å². The molecule has 2 aromatic carbocycles. The Morgan fingerprint density at radius 3 is 2.16 bits per heavy atom. The molecule has 0 bridgehead atoms. The summed E-state index contributed by atoms with van der Waals surface area (Å²) in [6.45, 7) is 1.58. The summed E-state index contributed by atoms with van der Waals surface area (Å²) in [5.41, 5.74) is 0.266. The van der Waals surface area contributed by atoms with Crippen molar-refractivity contribution in [1.82, 2.24) is 9.97 Å². The molecule has 0 saturated heterocycles. The summed E-state index contributed by atoms with van der Waals surface area (Å²) in [6.07, 6.45) is 0.148. The fourth-order valence-corrected chi connectivity index (χ4v) is 5.16. The zero-order valence-corrected chi connectivity index (χ0v) is 19.0. The van der Waals surface area contributed by atoms with Gasteiger partial charge in [-0.25, -0.2) is 13.2 Å². The summed E-state index contributed by atoms with van der Waals surface area (Å²) in [4.78, 5) is 39.7. The number of hydrogen-bond donors (Lipinski definition) is 4. The average Bonchev–Trinajstić information content (AvgIpc) is 2.68. The molecular formula is C20H18Cl2N4O5S. The SMILES string of the molecule is Cc1[nH]c(=O)[nH]c(=O)c1CCC(=O)Nc1ccc(NS(=O)(=O)c2c(Cl)cccc2Cl)cc1. The minimum atomic E-state index is -4.02. The van der Waals surface area contributed by atoms with E-state index in [1.165, 1.54) is 42.5 Å². The lowest BCUT2D eigenvalue weighted by Gasteiger charge is -2.12. The lowest BCUT2D eigenvalue weighted by Crippen LogP contribution is -2.27. The molecule has 0 aliphatic rings. The maximum Gasteiger partial charge on any atom is 0.325 e. The number of aromatic amines is 2. The van der Waals surface area contributed by atoms with Gasteiger partial charge in [0.05, 0.1) is 10.0 Å². The third-order valence-corrected chi connectivity index (χ3v) is 6.80. The van der Waals surface area contributed by atoms with Crippen LogP contribution in [0.5, 0.6) is 0 Å². The molecule has 0 spiro atoms. The number of sulfonamides is 1. The molecule has 3 aromatic rings. The van der Waals surface area contributed by atoms with Gasteiger partial charge in [-0.1, -0.05) is 29.3 Å². The Labute approximate surface area is 192 Å². The number of aryl methyl sites for hydroxylation is 1. The lowest BCUT2D eigenvalue weighted by molar-refractivity contribution is -0.116. The van der Waals surface area contributed by atoms with Gasteiger partial charge in [0, 0.05) is 29.1 Å². The smallest absolute Gasteiger partial charge is 0.325 e. The summed E-state index contributed by atoms with van der Waals surface area (Å²) in [6, 6.07) is 10.3. The first-order chi connectivity index (χ1) is 15.1. The van der Waals surface area contributed by atoms with Crippen molar-refractivity contribution in [1.29, 1.82) is 0 Å². The molecule has 168 valence electrons. The van der Waals surface area contributed by atoms with E-state index in [1.807, 2.05) is 0 Å². The fraction of sp³-hybridized carbons (Fsp3) is 0.150. The van der Waals surface area contributed by atoms with E-state index in [9.17, 15) is 22.8 Å². The summed E-state index contributed by atoms with van der Waals surface area (Å²) >= 11 is 11.9. The predicted octanol–water partition coefficient (Wildman–Crippen LogP) is 3.05. The third kappa shape index (κ3) is 5.58. The molecule has 32 heavy (non-hydrogen) atoms. The molecule has 1 aromatic heterocycles. The van der Waals surface area contributed by atoms with Gasteiger partial charge >= 0.3 is 5.69 Å². The number of carbonyl (C=O) groups is 1. The highest BCUT2D eigenvalue weighted by Crippen LogP contribution is 2.30. The van der Waals surface area contributed by atoms with E-state index in [4.69, 9.17) is 23.2 Å². The third-order valence-electron chi connectivity index (χ3n) is 4.47. The molecule has 12 heteroatoms. The molecular weight excluding hydrogens is 479 g/mol. The minimum Gasteiger partial charge on any atom is -0.326 e. The van der Waals surface area contributed by atoms with Crippen molar-refractivity contribution in [2.24, 2.45) is 0 Å². The highest BCUT2D eigenvalue weighted by atomic mass is 35.5. The van der Waals surface area contributed by atoms with Gasteiger partial charge in [0.15, 0.2) is 0 Å².